The fourth-order valence-corrected chi connectivity index (χ4v) is 2.51. The van der Waals surface area contributed by atoms with E-state index in [2.05, 4.69) is 20.9 Å². The van der Waals surface area contributed by atoms with Crippen LogP contribution in [0.3, 0.4) is 0 Å². The Morgan fingerprint density at radius 3 is 2.67 bits per heavy atom. The molecule has 80 valence electrons. The quantitative estimate of drug-likeness (QED) is 0.821. The molecule has 4 heteroatoms. The predicted molar refractivity (Wildman–Crippen MR) is 63.2 cm³/mol. The Morgan fingerprint density at radius 2 is 2.07 bits per heavy atom. The number of rotatable bonds is 1. The molecule has 0 aliphatic rings. The Balaban J connectivity index is 2.76. The standard InChI is InChI=1S/C11H12BrFN2/c1-11(2,14)10-9(12)7-5-6(13)3-4-8(7)15-10/h3-5,15H,14H2,1-2H3. The van der Waals surface area contributed by atoms with Gasteiger partial charge in [-0.1, -0.05) is 0 Å². The second kappa shape index (κ2) is 3.32. The maximum atomic E-state index is 13.1. The molecular weight excluding hydrogens is 259 g/mol. The topological polar surface area (TPSA) is 41.8 Å². The summed E-state index contributed by atoms with van der Waals surface area (Å²) < 4.78 is 13.9. The number of fused-ring (bicyclic) bond motifs is 1. The maximum Gasteiger partial charge on any atom is 0.123 e. The average Bonchev–Trinajstić information content (AvgIpc) is 2.43. The maximum absolute atomic E-state index is 13.1. The lowest BCUT2D eigenvalue weighted by Gasteiger charge is -2.17. The minimum absolute atomic E-state index is 0.247. The van der Waals surface area contributed by atoms with E-state index in [0.717, 1.165) is 21.1 Å². The summed E-state index contributed by atoms with van der Waals surface area (Å²) in [5.41, 5.74) is 7.29. The molecule has 15 heavy (non-hydrogen) atoms. The number of H-pyrrole nitrogens is 1. The molecule has 3 N–H and O–H groups in total. The predicted octanol–water partition coefficient (Wildman–Crippen LogP) is 3.26. The number of halogens is 2. The van der Waals surface area contributed by atoms with Gasteiger partial charge >= 0.3 is 0 Å². The van der Waals surface area contributed by atoms with Gasteiger partial charge in [0.25, 0.3) is 0 Å². The molecular formula is C11H12BrFN2. The van der Waals surface area contributed by atoms with Crippen LogP contribution in [-0.4, -0.2) is 4.98 Å². The van der Waals surface area contributed by atoms with Gasteiger partial charge in [0.15, 0.2) is 0 Å². The fraction of sp³-hybridized carbons (Fsp3) is 0.273. The molecule has 0 aliphatic heterocycles. The molecule has 1 aromatic heterocycles. The second-order valence-electron chi connectivity index (χ2n) is 4.23. The van der Waals surface area contributed by atoms with Crippen LogP contribution in [0.4, 0.5) is 4.39 Å². The second-order valence-corrected chi connectivity index (χ2v) is 5.02. The van der Waals surface area contributed by atoms with Crippen LogP contribution < -0.4 is 5.73 Å². The zero-order valence-electron chi connectivity index (χ0n) is 8.57. The lowest BCUT2D eigenvalue weighted by atomic mass is 10.0. The van der Waals surface area contributed by atoms with Crippen molar-refractivity contribution in [3.05, 3.63) is 34.2 Å². The lowest BCUT2D eigenvalue weighted by molar-refractivity contribution is 0.537. The van der Waals surface area contributed by atoms with E-state index >= 15 is 0 Å². The molecule has 0 aliphatic carbocycles. The van der Waals surface area contributed by atoms with Crippen molar-refractivity contribution in [1.29, 1.82) is 0 Å². The van der Waals surface area contributed by atoms with Crippen molar-refractivity contribution < 1.29 is 4.39 Å². The Labute approximate surface area is 95.8 Å². The highest BCUT2D eigenvalue weighted by molar-refractivity contribution is 9.10. The van der Waals surface area contributed by atoms with Crippen LogP contribution in [0.2, 0.25) is 0 Å². The van der Waals surface area contributed by atoms with Crippen molar-refractivity contribution in [1.82, 2.24) is 4.98 Å². The molecule has 0 amide bonds. The van der Waals surface area contributed by atoms with Gasteiger partial charge in [-0.05, 0) is 48.0 Å². The average molecular weight is 271 g/mol. The van der Waals surface area contributed by atoms with E-state index in [4.69, 9.17) is 5.73 Å². The van der Waals surface area contributed by atoms with Gasteiger partial charge in [-0.25, -0.2) is 4.39 Å². The first kappa shape index (κ1) is 10.6. The number of benzene rings is 1. The summed E-state index contributed by atoms with van der Waals surface area (Å²) in [6.07, 6.45) is 0. The highest BCUT2D eigenvalue weighted by Gasteiger charge is 2.21. The van der Waals surface area contributed by atoms with E-state index in [0.29, 0.717) is 0 Å². The number of hydrogen-bond donors (Lipinski definition) is 2. The van der Waals surface area contributed by atoms with E-state index in [1.165, 1.54) is 12.1 Å². The molecule has 0 atom stereocenters. The van der Waals surface area contributed by atoms with Crippen molar-refractivity contribution >= 4 is 26.8 Å². The van der Waals surface area contributed by atoms with Crippen molar-refractivity contribution in [2.45, 2.75) is 19.4 Å². The van der Waals surface area contributed by atoms with E-state index in [9.17, 15) is 4.39 Å². The van der Waals surface area contributed by atoms with Gasteiger partial charge in [-0.15, -0.1) is 0 Å². The molecule has 0 bridgehead atoms. The van der Waals surface area contributed by atoms with Crippen LogP contribution in [0.15, 0.2) is 22.7 Å². The number of nitrogens with two attached hydrogens (primary N) is 1. The number of aromatic nitrogens is 1. The van der Waals surface area contributed by atoms with Gasteiger partial charge in [0.05, 0.1) is 5.54 Å². The summed E-state index contributed by atoms with van der Waals surface area (Å²) in [6.45, 7) is 3.80. The van der Waals surface area contributed by atoms with Gasteiger partial charge in [-0.2, -0.15) is 0 Å². The first-order valence-electron chi connectivity index (χ1n) is 4.65. The van der Waals surface area contributed by atoms with Crippen LogP contribution in [0.25, 0.3) is 10.9 Å². The minimum Gasteiger partial charge on any atom is -0.356 e. The van der Waals surface area contributed by atoms with Crippen LogP contribution in [0.1, 0.15) is 19.5 Å². The van der Waals surface area contributed by atoms with Crippen molar-refractivity contribution in [2.75, 3.05) is 0 Å². The molecule has 0 fully saturated rings. The van der Waals surface area contributed by atoms with Gasteiger partial charge in [0, 0.05) is 21.1 Å². The molecule has 2 aromatic rings. The minimum atomic E-state index is -0.478. The molecule has 0 spiro atoms. The Morgan fingerprint density at radius 1 is 1.40 bits per heavy atom. The summed E-state index contributed by atoms with van der Waals surface area (Å²) in [7, 11) is 0. The van der Waals surface area contributed by atoms with E-state index in [1.54, 1.807) is 6.07 Å². The molecule has 1 aromatic carbocycles. The molecule has 0 saturated carbocycles. The van der Waals surface area contributed by atoms with Gasteiger partial charge < -0.3 is 10.7 Å². The summed E-state index contributed by atoms with van der Waals surface area (Å²) in [6, 6.07) is 4.63. The third-order valence-electron chi connectivity index (χ3n) is 2.34. The third kappa shape index (κ3) is 1.79. The zero-order chi connectivity index (χ0) is 11.2. The molecule has 1 heterocycles. The number of aromatic amines is 1. The highest BCUT2D eigenvalue weighted by atomic mass is 79.9. The summed E-state index contributed by atoms with van der Waals surface area (Å²) in [4.78, 5) is 3.19. The Hall–Kier alpha value is -0.870. The molecule has 2 rings (SSSR count). The molecule has 0 saturated heterocycles. The van der Waals surface area contributed by atoms with E-state index in [-0.39, 0.29) is 5.82 Å². The Kier molecular flexibility index (Phi) is 2.35. The first-order chi connectivity index (χ1) is 6.89. The monoisotopic (exact) mass is 270 g/mol. The first-order valence-corrected chi connectivity index (χ1v) is 5.45. The lowest BCUT2D eigenvalue weighted by Crippen LogP contribution is -2.29. The number of nitrogens with one attached hydrogen (secondary N) is 1. The highest BCUT2D eigenvalue weighted by Crippen LogP contribution is 2.33. The molecule has 0 unspecified atom stereocenters. The zero-order valence-corrected chi connectivity index (χ0v) is 10.2. The largest absolute Gasteiger partial charge is 0.356 e. The van der Waals surface area contributed by atoms with Crippen molar-refractivity contribution in [2.24, 2.45) is 5.73 Å². The molecule has 0 radical (unpaired) electrons. The summed E-state index contributed by atoms with van der Waals surface area (Å²) in [5, 5.41) is 0.823. The van der Waals surface area contributed by atoms with E-state index in [1.807, 2.05) is 13.8 Å². The van der Waals surface area contributed by atoms with Crippen LogP contribution in [-0.2, 0) is 5.54 Å². The van der Waals surface area contributed by atoms with E-state index < -0.39 is 5.54 Å². The van der Waals surface area contributed by atoms with Crippen molar-refractivity contribution in [3.63, 3.8) is 0 Å². The number of hydrogen-bond acceptors (Lipinski definition) is 1. The molecule has 2 nitrogen and oxygen atoms in total. The summed E-state index contributed by atoms with van der Waals surface area (Å²) in [5.74, 6) is -0.247. The normalized spacial score (nSPS) is 12.3. The van der Waals surface area contributed by atoms with Crippen LogP contribution in [0, 0.1) is 5.82 Å². The summed E-state index contributed by atoms with van der Waals surface area (Å²) >= 11 is 3.44. The SMILES string of the molecule is CC(C)(N)c1[nH]c2ccc(F)cc2c1Br. The Bertz CT molecular complexity index is 511. The van der Waals surface area contributed by atoms with Crippen LogP contribution in [0.5, 0.6) is 0 Å². The fourth-order valence-electron chi connectivity index (χ4n) is 1.58. The van der Waals surface area contributed by atoms with Crippen LogP contribution >= 0.6 is 15.9 Å². The van der Waals surface area contributed by atoms with Gasteiger partial charge in [-0.3, -0.25) is 0 Å². The van der Waals surface area contributed by atoms with Gasteiger partial charge in [0.2, 0.25) is 0 Å². The third-order valence-corrected chi connectivity index (χ3v) is 3.17. The van der Waals surface area contributed by atoms with Gasteiger partial charge in [0.1, 0.15) is 5.82 Å². The van der Waals surface area contributed by atoms with Crippen molar-refractivity contribution in [3.8, 4) is 0 Å². The smallest absolute Gasteiger partial charge is 0.123 e.